The molecule has 0 spiro atoms. The number of carbonyl (C=O) groups excluding carboxylic acids is 1. The first kappa shape index (κ1) is 19.5. The molecule has 1 aromatic heterocycles. The fraction of sp³-hybridized carbons (Fsp3) is 0.130. The van der Waals surface area contributed by atoms with E-state index in [4.69, 9.17) is 27.6 Å². The molecule has 4 rings (SSSR count). The molecule has 0 radical (unpaired) electrons. The van der Waals surface area contributed by atoms with Crippen LogP contribution >= 0.6 is 23.2 Å². The molecule has 2 aromatic carbocycles. The minimum Gasteiger partial charge on any atom is -0.457 e. The van der Waals surface area contributed by atoms with Crippen LogP contribution in [0.15, 0.2) is 63.6 Å². The number of hydrogen-bond donors (Lipinski definition) is 0. The molecule has 0 fully saturated rings. The van der Waals surface area contributed by atoms with Gasteiger partial charge in [-0.1, -0.05) is 41.4 Å². The third kappa shape index (κ3) is 3.50. The van der Waals surface area contributed by atoms with Gasteiger partial charge in [0.2, 0.25) is 0 Å². The second kappa shape index (κ2) is 7.54. The number of halogens is 2. The van der Waals surface area contributed by atoms with Crippen LogP contribution in [0.1, 0.15) is 23.8 Å². The summed E-state index contributed by atoms with van der Waals surface area (Å²) in [5.41, 5.74) is 4.43. The predicted octanol–water partition coefficient (Wildman–Crippen LogP) is 6.68. The number of furan rings is 1. The van der Waals surface area contributed by atoms with E-state index < -0.39 is 0 Å². The molecule has 1 aliphatic rings. The summed E-state index contributed by atoms with van der Waals surface area (Å²) >= 11 is 12.4. The van der Waals surface area contributed by atoms with Gasteiger partial charge in [-0.25, -0.2) is 0 Å². The van der Waals surface area contributed by atoms with E-state index in [0.29, 0.717) is 38.5 Å². The Morgan fingerprint density at radius 2 is 1.62 bits per heavy atom. The summed E-state index contributed by atoms with van der Waals surface area (Å²) in [5, 5.41) is 7.08. The van der Waals surface area contributed by atoms with Crippen molar-refractivity contribution >= 4 is 46.6 Å². The van der Waals surface area contributed by atoms with Crippen molar-refractivity contribution in [1.29, 1.82) is 0 Å². The number of hydrogen-bond acceptors (Lipinski definition) is 3. The van der Waals surface area contributed by atoms with Crippen molar-refractivity contribution in [3.63, 3.8) is 0 Å². The average Bonchev–Trinajstić information content (AvgIpc) is 3.26. The second-order valence-electron chi connectivity index (χ2n) is 6.86. The normalized spacial score (nSPS) is 15.3. The summed E-state index contributed by atoms with van der Waals surface area (Å²) in [6.45, 7) is 5.61. The number of nitrogens with zero attached hydrogens (tertiary/aromatic N) is 2. The van der Waals surface area contributed by atoms with Crippen molar-refractivity contribution in [3.05, 3.63) is 81.0 Å². The van der Waals surface area contributed by atoms with Crippen LogP contribution in [0, 0.1) is 13.8 Å². The van der Waals surface area contributed by atoms with Gasteiger partial charge in [0.05, 0.1) is 17.0 Å². The Hall–Kier alpha value is -2.82. The van der Waals surface area contributed by atoms with Crippen LogP contribution in [0.3, 0.4) is 0 Å². The fourth-order valence-electron chi connectivity index (χ4n) is 3.26. The summed E-state index contributed by atoms with van der Waals surface area (Å²) in [7, 11) is 0. The molecule has 0 saturated heterocycles. The van der Waals surface area contributed by atoms with Gasteiger partial charge in [0.25, 0.3) is 5.91 Å². The number of benzene rings is 2. The highest BCUT2D eigenvalue weighted by molar-refractivity contribution is 6.34. The molecule has 0 saturated carbocycles. The standard InChI is InChI=1S/C23H18Cl2N2O2/c1-13-17(6-4-7-19(13)24)22-11-10-16(29-22)12-18-15(3)26-27(23(18)28)21-9-5-8-20(25)14(21)2/h4-12H,1-3H3/b18-12+. The summed E-state index contributed by atoms with van der Waals surface area (Å²) in [5.74, 6) is 1.05. The Kier molecular flexibility index (Phi) is 5.07. The molecular formula is C23H18Cl2N2O2. The second-order valence-corrected chi connectivity index (χ2v) is 7.67. The number of hydrazone groups is 1. The van der Waals surface area contributed by atoms with E-state index in [9.17, 15) is 4.79 Å². The first-order valence-electron chi connectivity index (χ1n) is 9.09. The van der Waals surface area contributed by atoms with Gasteiger partial charge in [0, 0.05) is 15.6 Å². The third-order valence-corrected chi connectivity index (χ3v) is 5.80. The monoisotopic (exact) mass is 424 g/mol. The van der Waals surface area contributed by atoms with Crippen molar-refractivity contribution in [2.24, 2.45) is 5.10 Å². The van der Waals surface area contributed by atoms with E-state index in [0.717, 1.165) is 16.7 Å². The molecule has 1 aliphatic heterocycles. The van der Waals surface area contributed by atoms with E-state index in [1.807, 2.05) is 50.2 Å². The minimum absolute atomic E-state index is 0.218. The SMILES string of the molecule is CC1=NN(c2cccc(Cl)c2C)C(=O)/C1=C/c1ccc(-c2cccc(Cl)c2C)o1. The maximum Gasteiger partial charge on any atom is 0.280 e. The first-order valence-corrected chi connectivity index (χ1v) is 9.84. The summed E-state index contributed by atoms with van der Waals surface area (Å²) in [4.78, 5) is 13.0. The zero-order valence-electron chi connectivity index (χ0n) is 16.2. The van der Waals surface area contributed by atoms with Gasteiger partial charge < -0.3 is 4.42 Å². The molecule has 3 aromatic rings. The van der Waals surface area contributed by atoms with E-state index in [1.54, 1.807) is 25.1 Å². The van der Waals surface area contributed by atoms with Gasteiger partial charge in [-0.3, -0.25) is 4.79 Å². The lowest BCUT2D eigenvalue weighted by Gasteiger charge is -2.15. The molecule has 146 valence electrons. The smallest absolute Gasteiger partial charge is 0.280 e. The molecule has 0 unspecified atom stereocenters. The molecule has 0 bridgehead atoms. The van der Waals surface area contributed by atoms with E-state index in [1.165, 1.54) is 5.01 Å². The van der Waals surface area contributed by atoms with E-state index in [2.05, 4.69) is 5.10 Å². The molecular weight excluding hydrogens is 407 g/mol. The molecule has 4 nitrogen and oxygen atoms in total. The Morgan fingerprint density at radius 1 is 0.931 bits per heavy atom. The third-order valence-electron chi connectivity index (χ3n) is 4.98. The number of rotatable bonds is 3. The molecule has 0 atom stereocenters. The van der Waals surface area contributed by atoms with Crippen LogP contribution < -0.4 is 5.01 Å². The van der Waals surface area contributed by atoms with Crippen LogP contribution in [0.25, 0.3) is 17.4 Å². The average molecular weight is 425 g/mol. The van der Waals surface area contributed by atoms with Crippen LogP contribution in [-0.2, 0) is 4.79 Å². The number of anilines is 1. The first-order chi connectivity index (χ1) is 13.9. The van der Waals surface area contributed by atoms with Gasteiger partial charge in [-0.2, -0.15) is 10.1 Å². The van der Waals surface area contributed by atoms with Crippen molar-refractivity contribution < 1.29 is 9.21 Å². The molecule has 2 heterocycles. The van der Waals surface area contributed by atoms with E-state index >= 15 is 0 Å². The van der Waals surface area contributed by atoms with Crippen molar-refractivity contribution in [2.45, 2.75) is 20.8 Å². The van der Waals surface area contributed by atoms with Gasteiger partial charge in [-0.05, 0) is 68.3 Å². The van der Waals surface area contributed by atoms with Crippen LogP contribution in [0.2, 0.25) is 10.0 Å². The largest absolute Gasteiger partial charge is 0.457 e. The van der Waals surface area contributed by atoms with E-state index in [-0.39, 0.29) is 5.91 Å². The van der Waals surface area contributed by atoms with Crippen LogP contribution in [-0.4, -0.2) is 11.6 Å². The van der Waals surface area contributed by atoms with Gasteiger partial charge in [-0.15, -0.1) is 0 Å². The summed E-state index contributed by atoms with van der Waals surface area (Å²) in [6, 6.07) is 14.8. The van der Waals surface area contributed by atoms with Crippen molar-refractivity contribution in [2.75, 3.05) is 5.01 Å². The molecule has 0 aliphatic carbocycles. The lowest BCUT2D eigenvalue weighted by atomic mass is 10.1. The van der Waals surface area contributed by atoms with Gasteiger partial charge in [0.1, 0.15) is 11.5 Å². The van der Waals surface area contributed by atoms with Crippen molar-refractivity contribution in [3.8, 4) is 11.3 Å². The van der Waals surface area contributed by atoms with Gasteiger partial charge >= 0.3 is 0 Å². The maximum absolute atomic E-state index is 13.0. The number of carbonyl (C=O) groups is 1. The lowest BCUT2D eigenvalue weighted by Crippen LogP contribution is -2.22. The highest BCUT2D eigenvalue weighted by Crippen LogP contribution is 2.33. The lowest BCUT2D eigenvalue weighted by molar-refractivity contribution is -0.114. The molecule has 6 heteroatoms. The van der Waals surface area contributed by atoms with Crippen molar-refractivity contribution in [1.82, 2.24) is 0 Å². The number of amides is 1. The van der Waals surface area contributed by atoms with Crippen LogP contribution in [0.5, 0.6) is 0 Å². The quantitative estimate of drug-likeness (QED) is 0.440. The minimum atomic E-state index is -0.218. The Bertz CT molecular complexity index is 1190. The van der Waals surface area contributed by atoms with Crippen LogP contribution in [0.4, 0.5) is 5.69 Å². The Labute approximate surface area is 179 Å². The highest BCUT2D eigenvalue weighted by atomic mass is 35.5. The topological polar surface area (TPSA) is 45.8 Å². The highest BCUT2D eigenvalue weighted by Gasteiger charge is 2.30. The molecule has 0 N–H and O–H groups in total. The Balaban J connectivity index is 1.67. The fourth-order valence-corrected chi connectivity index (χ4v) is 3.61. The zero-order valence-corrected chi connectivity index (χ0v) is 17.7. The predicted molar refractivity (Wildman–Crippen MR) is 119 cm³/mol. The maximum atomic E-state index is 13.0. The Morgan fingerprint density at radius 3 is 2.38 bits per heavy atom. The van der Waals surface area contributed by atoms with Gasteiger partial charge in [0.15, 0.2) is 0 Å². The molecule has 1 amide bonds. The summed E-state index contributed by atoms with van der Waals surface area (Å²) in [6.07, 6.45) is 1.71. The molecule has 29 heavy (non-hydrogen) atoms. The zero-order chi connectivity index (χ0) is 20.7. The summed E-state index contributed by atoms with van der Waals surface area (Å²) < 4.78 is 5.97.